The van der Waals surface area contributed by atoms with Gasteiger partial charge >= 0.3 is 0 Å². The van der Waals surface area contributed by atoms with E-state index in [-0.39, 0.29) is 6.04 Å². The Morgan fingerprint density at radius 2 is 2.13 bits per heavy atom. The first-order valence-corrected chi connectivity index (χ1v) is 5.55. The zero-order valence-corrected chi connectivity index (χ0v) is 10.00. The quantitative estimate of drug-likeness (QED) is 0.772. The summed E-state index contributed by atoms with van der Waals surface area (Å²) in [6.07, 6.45) is 1.77. The zero-order chi connectivity index (χ0) is 11.3. The molecular weight excluding hydrogens is 206 g/mol. The molecule has 0 aromatic carbocycles. The van der Waals surface area contributed by atoms with Crippen LogP contribution in [-0.4, -0.2) is 28.0 Å². The molecular formula is C11H17N3S. The Morgan fingerprint density at radius 1 is 1.47 bits per heavy atom. The molecule has 15 heavy (non-hydrogen) atoms. The molecule has 1 heterocycles. The second kappa shape index (κ2) is 5.78. The molecule has 1 aromatic rings. The maximum atomic E-state index is 5.77. The molecule has 1 unspecified atom stereocenters. The van der Waals surface area contributed by atoms with Crippen molar-refractivity contribution in [3.8, 4) is 0 Å². The number of hydrogen-bond donors (Lipinski definition) is 1. The van der Waals surface area contributed by atoms with E-state index in [1.807, 2.05) is 18.2 Å². The fourth-order valence-corrected chi connectivity index (χ4v) is 1.91. The predicted molar refractivity (Wildman–Crippen MR) is 66.7 cm³/mol. The minimum absolute atomic E-state index is 0.0452. The Bertz CT molecular complexity index is 309. The average molecular weight is 223 g/mol. The lowest BCUT2D eigenvalue weighted by atomic mass is 10.1. The van der Waals surface area contributed by atoms with Crippen molar-refractivity contribution in [2.45, 2.75) is 19.9 Å². The fraction of sp³-hybridized carbons (Fsp3) is 0.455. The molecule has 0 aliphatic rings. The van der Waals surface area contributed by atoms with E-state index >= 15 is 0 Å². The molecule has 0 spiro atoms. The third-order valence-electron chi connectivity index (χ3n) is 2.41. The van der Waals surface area contributed by atoms with Gasteiger partial charge in [0, 0.05) is 6.20 Å². The normalized spacial score (nSPS) is 12.7. The van der Waals surface area contributed by atoms with Crippen molar-refractivity contribution in [3.05, 3.63) is 30.1 Å². The first-order valence-electron chi connectivity index (χ1n) is 5.15. The maximum absolute atomic E-state index is 5.77. The van der Waals surface area contributed by atoms with Crippen LogP contribution < -0.4 is 5.73 Å². The largest absolute Gasteiger partial charge is 0.392 e. The summed E-state index contributed by atoms with van der Waals surface area (Å²) in [5, 5.41) is 0. The van der Waals surface area contributed by atoms with Crippen molar-refractivity contribution in [2.75, 3.05) is 13.1 Å². The minimum Gasteiger partial charge on any atom is -0.392 e. The number of nitrogens with zero attached hydrogens (tertiary/aromatic N) is 2. The SMILES string of the molecule is CCN(CC)C(C(N)=S)c1ccccn1. The van der Waals surface area contributed by atoms with Gasteiger partial charge in [0.05, 0.1) is 10.7 Å². The van der Waals surface area contributed by atoms with Crippen molar-refractivity contribution < 1.29 is 0 Å². The van der Waals surface area contributed by atoms with Gasteiger partial charge in [0.2, 0.25) is 0 Å². The van der Waals surface area contributed by atoms with E-state index in [0.717, 1.165) is 18.8 Å². The highest BCUT2D eigenvalue weighted by atomic mass is 32.1. The molecule has 0 saturated carbocycles. The number of aromatic nitrogens is 1. The number of rotatable bonds is 5. The average Bonchev–Trinajstić information content (AvgIpc) is 2.26. The van der Waals surface area contributed by atoms with Gasteiger partial charge in [-0.05, 0) is 25.2 Å². The topological polar surface area (TPSA) is 42.1 Å². The first kappa shape index (κ1) is 12.1. The first-order chi connectivity index (χ1) is 7.20. The molecule has 1 atom stereocenters. The molecule has 1 rings (SSSR count). The summed E-state index contributed by atoms with van der Waals surface area (Å²) in [7, 11) is 0. The van der Waals surface area contributed by atoms with Gasteiger partial charge in [0.1, 0.15) is 6.04 Å². The van der Waals surface area contributed by atoms with Crippen molar-refractivity contribution in [2.24, 2.45) is 5.73 Å². The second-order valence-electron chi connectivity index (χ2n) is 3.28. The van der Waals surface area contributed by atoms with Crippen LogP contribution in [0.3, 0.4) is 0 Å². The van der Waals surface area contributed by atoms with Gasteiger partial charge in [-0.2, -0.15) is 0 Å². The summed E-state index contributed by atoms with van der Waals surface area (Å²) in [4.78, 5) is 6.99. The van der Waals surface area contributed by atoms with E-state index in [4.69, 9.17) is 18.0 Å². The van der Waals surface area contributed by atoms with E-state index in [1.54, 1.807) is 6.20 Å². The van der Waals surface area contributed by atoms with Gasteiger partial charge in [0.15, 0.2) is 0 Å². The molecule has 0 aliphatic carbocycles. The maximum Gasteiger partial charge on any atom is 0.103 e. The monoisotopic (exact) mass is 223 g/mol. The molecule has 0 bridgehead atoms. The molecule has 0 fully saturated rings. The van der Waals surface area contributed by atoms with Crippen LogP contribution in [-0.2, 0) is 0 Å². The molecule has 0 aliphatic heterocycles. The lowest BCUT2D eigenvalue weighted by molar-refractivity contribution is 0.268. The zero-order valence-electron chi connectivity index (χ0n) is 9.18. The molecule has 0 saturated heterocycles. The number of thiocarbonyl (C=S) groups is 1. The van der Waals surface area contributed by atoms with Gasteiger partial charge < -0.3 is 5.73 Å². The van der Waals surface area contributed by atoms with Crippen LogP contribution in [0.5, 0.6) is 0 Å². The summed E-state index contributed by atoms with van der Waals surface area (Å²) >= 11 is 5.10. The number of likely N-dealkylation sites (N-methyl/N-ethyl adjacent to an activating group) is 1. The molecule has 1 aromatic heterocycles. The number of pyridine rings is 1. The number of nitrogens with two attached hydrogens (primary N) is 1. The van der Waals surface area contributed by atoms with Crippen molar-refractivity contribution in [1.29, 1.82) is 0 Å². The highest BCUT2D eigenvalue weighted by molar-refractivity contribution is 7.80. The third-order valence-corrected chi connectivity index (χ3v) is 2.64. The molecule has 4 heteroatoms. The van der Waals surface area contributed by atoms with E-state index < -0.39 is 0 Å². The van der Waals surface area contributed by atoms with Crippen LogP contribution in [0.15, 0.2) is 24.4 Å². The fourth-order valence-electron chi connectivity index (χ4n) is 1.64. The lowest BCUT2D eigenvalue weighted by Gasteiger charge is -2.28. The van der Waals surface area contributed by atoms with Crippen molar-refractivity contribution >= 4 is 17.2 Å². The van der Waals surface area contributed by atoms with E-state index in [0.29, 0.717) is 4.99 Å². The standard InChI is InChI=1S/C11H17N3S/c1-3-14(4-2)10(11(12)15)9-7-5-6-8-13-9/h5-8,10H,3-4H2,1-2H3,(H2,12,15). The highest BCUT2D eigenvalue weighted by Crippen LogP contribution is 2.18. The Labute approximate surface area is 96.3 Å². The van der Waals surface area contributed by atoms with Gasteiger partial charge in [0.25, 0.3) is 0 Å². The van der Waals surface area contributed by atoms with Crippen LogP contribution in [0.25, 0.3) is 0 Å². The van der Waals surface area contributed by atoms with Crippen LogP contribution in [0.2, 0.25) is 0 Å². The van der Waals surface area contributed by atoms with Crippen LogP contribution in [0.4, 0.5) is 0 Å². The molecule has 2 N–H and O–H groups in total. The summed E-state index contributed by atoms with van der Waals surface area (Å²) in [5.74, 6) is 0. The minimum atomic E-state index is -0.0452. The molecule has 0 radical (unpaired) electrons. The molecule has 3 nitrogen and oxygen atoms in total. The van der Waals surface area contributed by atoms with Crippen molar-refractivity contribution in [1.82, 2.24) is 9.88 Å². The van der Waals surface area contributed by atoms with Gasteiger partial charge in [-0.1, -0.05) is 32.1 Å². The summed E-state index contributed by atoms with van der Waals surface area (Å²) in [6, 6.07) is 5.76. The Morgan fingerprint density at radius 3 is 2.53 bits per heavy atom. The van der Waals surface area contributed by atoms with E-state index in [2.05, 4.69) is 23.7 Å². The smallest absolute Gasteiger partial charge is 0.103 e. The number of hydrogen-bond acceptors (Lipinski definition) is 3. The highest BCUT2D eigenvalue weighted by Gasteiger charge is 2.21. The second-order valence-corrected chi connectivity index (χ2v) is 3.75. The predicted octanol–water partition coefficient (Wildman–Crippen LogP) is 1.75. The van der Waals surface area contributed by atoms with Crippen LogP contribution in [0, 0.1) is 0 Å². The Kier molecular flexibility index (Phi) is 4.65. The Balaban J connectivity index is 2.97. The third kappa shape index (κ3) is 2.97. The summed E-state index contributed by atoms with van der Waals surface area (Å²) < 4.78 is 0. The van der Waals surface area contributed by atoms with Crippen molar-refractivity contribution in [3.63, 3.8) is 0 Å². The molecule has 0 amide bonds. The summed E-state index contributed by atoms with van der Waals surface area (Å²) in [5.41, 5.74) is 6.70. The van der Waals surface area contributed by atoms with Gasteiger partial charge in [-0.15, -0.1) is 0 Å². The van der Waals surface area contributed by atoms with E-state index in [9.17, 15) is 0 Å². The molecule has 82 valence electrons. The van der Waals surface area contributed by atoms with Crippen LogP contribution >= 0.6 is 12.2 Å². The Hall–Kier alpha value is -1.00. The van der Waals surface area contributed by atoms with Crippen LogP contribution in [0.1, 0.15) is 25.6 Å². The summed E-state index contributed by atoms with van der Waals surface area (Å²) in [6.45, 7) is 6.01. The lowest BCUT2D eigenvalue weighted by Crippen LogP contribution is -2.37. The van der Waals surface area contributed by atoms with Gasteiger partial charge in [-0.25, -0.2) is 0 Å². The van der Waals surface area contributed by atoms with Gasteiger partial charge in [-0.3, -0.25) is 9.88 Å². The van der Waals surface area contributed by atoms with E-state index in [1.165, 1.54) is 0 Å².